The quantitative estimate of drug-likeness (QED) is 0.255. The Bertz CT molecular complexity index is 1320. The summed E-state index contributed by atoms with van der Waals surface area (Å²) in [7, 11) is 0. The van der Waals surface area contributed by atoms with Crippen molar-refractivity contribution in [1.29, 1.82) is 0 Å². The zero-order valence-electron chi connectivity index (χ0n) is 21.6. The van der Waals surface area contributed by atoms with Gasteiger partial charge in [0.25, 0.3) is 5.91 Å². The first-order chi connectivity index (χ1) is 18.4. The molecule has 5 rings (SSSR count). The van der Waals surface area contributed by atoms with E-state index in [1.165, 1.54) is 35.9 Å². The molecule has 10 heteroatoms. The van der Waals surface area contributed by atoms with E-state index in [4.69, 9.17) is 10.5 Å². The van der Waals surface area contributed by atoms with Gasteiger partial charge in [0.15, 0.2) is 11.0 Å². The van der Waals surface area contributed by atoms with Crippen molar-refractivity contribution in [3.63, 3.8) is 0 Å². The van der Waals surface area contributed by atoms with Gasteiger partial charge in [-0.3, -0.25) is 14.2 Å². The van der Waals surface area contributed by atoms with Gasteiger partial charge in [0.1, 0.15) is 10.8 Å². The van der Waals surface area contributed by atoms with E-state index in [9.17, 15) is 9.59 Å². The number of thiophene rings is 1. The largest absolute Gasteiger partial charge is 0.490 e. The Kier molecular flexibility index (Phi) is 8.18. The maximum absolute atomic E-state index is 12.9. The summed E-state index contributed by atoms with van der Waals surface area (Å²) < 4.78 is 8.02. The molecule has 0 aliphatic heterocycles. The first kappa shape index (κ1) is 26.5. The van der Waals surface area contributed by atoms with Gasteiger partial charge in [-0.25, -0.2) is 0 Å². The highest BCUT2D eigenvalue weighted by Crippen LogP contribution is 2.39. The van der Waals surface area contributed by atoms with Crippen molar-refractivity contribution in [2.45, 2.75) is 69.7 Å². The highest BCUT2D eigenvalue weighted by atomic mass is 32.2. The molecular formula is C28H33N5O3S2. The maximum atomic E-state index is 12.9. The summed E-state index contributed by atoms with van der Waals surface area (Å²) in [6, 6.07) is 7.91. The van der Waals surface area contributed by atoms with Crippen LogP contribution in [0.2, 0.25) is 0 Å². The fourth-order valence-corrected chi connectivity index (χ4v) is 7.36. The number of rotatable bonds is 10. The van der Waals surface area contributed by atoms with Crippen molar-refractivity contribution in [1.82, 2.24) is 14.8 Å². The van der Waals surface area contributed by atoms with Crippen LogP contribution in [0.5, 0.6) is 5.75 Å². The molecule has 1 saturated carbocycles. The SMILES string of the molecule is C=CCn1c(SCC(=O)Nc2sc3c(c2C(N)=O)CCC(C)C3)nnc1-c1ccc(OC2CCCC2)cc1. The number of fused-ring (bicyclic) bond motifs is 1. The summed E-state index contributed by atoms with van der Waals surface area (Å²) in [4.78, 5) is 26.2. The van der Waals surface area contributed by atoms with Crippen molar-refractivity contribution < 1.29 is 14.3 Å². The molecule has 8 nitrogen and oxygen atoms in total. The van der Waals surface area contributed by atoms with Crippen LogP contribution in [0, 0.1) is 5.92 Å². The summed E-state index contributed by atoms with van der Waals surface area (Å²) in [5, 5.41) is 12.8. The van der Waals surface area contributed by atoms with E-state index in [0.29, 0.717) is 40.1 Å². The molecule has 1 fully saturated rings. The number of carbonyl (C=O) groups is 2. The number of allylic oxidation sites excluding steroid dienone is 1. The third-order valence-electron chi connectivity index (χ3n) is 7.09. The zero-order valence-corrected chi connectivity index (χ0v) is 23.2. The molecule has 1 unspecified atom stereocenters. The van der Waals surface area contributed by atoms with Crippen LogP contribution in [0.15, 0.2) is 42.1 Å². The van der Waals surface area contributed by atoms with Crippen molar-refractivity contribution >= 4 is 39.9 Å². The minimum atomic E-state index is -0.491. The first-order valence-electron chi connectivity index (χ1n) is 13.1. The van der Waals surface area contributed by atoms with Gasteiger partial charge < -0.3 is 15.8 Å². The van der Waals surface area contributed by atoms with Crippen LogP contribution in [0.25, 0.3) is 11.4 Å². The predicted octanol–water partition coefficient (Wildman–Crippen LogP) is 5.47. The molecule has 2 aliphatic carbocycles. The topological polar surface area (TPSA) is 112 Å². The van der Waals surface area contributed by atoms with Gasteiger partial charge in [0.2, 0.25) is 5.91 Å². The number of hydrogen-bond donors (Lipinski definition) is 2. The molecule has 38 heavy (non-hydrogen) atoms. The number of carbonyl (C=O) groups excluding carboxylic acids is 2. The van der Waals surface area contributed by atoms with E-state index >= 15 is 0 Å². The summed E-state index contributed by atoms with van der Waals surface area (Å²) in [6.45, 7) is 6.58. The number of benzene rings is 1. The van der Waals surface area contributed by atoms with Gasteiger partial charge in [0.05, 0.1) is 17.4 Å². The predicted molar refractivity (Wildman–Crippen MR) is 152 cm³/mol. The fraction of sp³-hybridized carbons (Fsp3) is 0.429. The Labute approximate surface area is 231 Å². The van der Waals surface area contributed by atoms with E-state index < -0.39 is 5.91 Å². The normalized spacial score (nSPS) is 17.2. The zero-order chi connectivity index (χ0) is 26.6. The Morgan fingerprint density at radius 3 is 2.71 bits per heavy atom. The van der Waals surface area contributed by atoms with Crippen LogP contribution in [0.1, 0.15) is 59.8 Å². The van der Waals surface area contributed by atoms with Gasteiger partial charge >= 0.3 is 0 Å². The molecule has 0 radical (unpaired) electrons. The third-order valence-corrected chi connectivity index (χ3v) is 9.23. The third kappa shape index (κ3) is 5.81. The van der Waals surface area contributed by atoms with Gasteiger partial charge in [-0.1, -0.05) is 24.8 Å². The van der Waals surface area contributed by atoms with E-state index in [2.05, 4.69) is 29.0 Å². The number of nitrogens with zero attached hydrogens (tertiary/aromatic N) is 3. The van der Waals surface area contributed by atoms with E-state index in [0.717, 1.165) is 53.9 Å². The second-order valence-corrected chi connectivity index (χ2v) is 12.1. The van der Waals surface area contributed by atoms with Crippen molar-refractivity contribution in [2.24, 2.45) is 11.7 Å². The van der Waals surface area contributed by atoms with E-state index in [-0.39, 0.29) is 11.7 Å². The summed E-state index contributed by atoms with van der Waals surface area (Å²) in [6.07, 6.45) is 9.52. The summed E-state index contributed by atoms with van der Waals surface area (Å²) >= 11 is 2.77. The number of hydrogen-bond acceptors (Lipinski definition) is 7. The summed E-state index contributed by atoms with van der Waals surface area (Å²) in [5.74, 6) is 1.54. The number of anilines is 1. The van der Waals surface area contributed by atoms with Crippen LogP contribution in [-0.2, 0) is 24.2 Å². The maximum Gasteiger partial charge on any atom is 0.251 e. The lowest BCUT2D eigenvalue weighted by molar-refractivity contribution is -0.113. The van der Waals surface area contributed by atoms with Crippen molar-refractivity contribution in [3.8, 4) is 17.1 Å². The minimum absolute atomic E-state index is 0.126. The second kappa shape index (κ2) is 11.7. The lowest BCUT2D eigenvalue weighted by Gasteiger charge is -2.18. The number of nitrogens with two attached hydrogens (primary N) is 1. The standard InChI is InChI=1S/C28H33N5O3S2/c1-3-14-33-26(18-9-11-20(12-10-18)36-19-6-4-5-7-19)31-32-28(33)37-16-23(34)30-27-24(25(29)35)21-13-8-17(2)15-22(21)38-27/h3,9-12,17,19H,1,4-8,13-16H2,2H3,(H2,29,35)(H,30,34). The van der Waals surface area contributed by atoms with Crippen molar-refractivity contribution in [2.75, 3.05) is 11.1 Å². The number of nitrogens with one attached hydrogen (secondary N) is 1. The number of thioether (sulfide) groups is 1. The Balaban J connectivity index is 1.26. The van der Waals surface area contributed by atoms with Crippen molar-refractivity contribution in [3.05, 3.63) is 52.9 Å². The van der Waals surface area contributed by atoms with Crippen LogP contribution < -0.4 is 15.8 Å². The van der Waals surface area contributed by atoms with E-state index in [1.807, 2.05) is 28.8 Å². The number of primary amides is 1. The molecule has 2 aliphatic rings. The van der Waals surface area contributed by atoms with Gasteiger partial charge in [-0.15, -0.1) is 28.1 Å². The van der Waals surface area contributed by atoms with Crippen LogP contribution >= 0.6 is 23.1 Å². The minimum Gasteiger partial charge on any atom is -0.490 e. The molecule has 0 saturated heterocycles. The second-order valence-electron chi connectivity index (χ2n) is 10.0. The Morgan fingerprint density at radius 1 is 1.24 bits per heavy atom. The molecule has 2 amide bonds. The van der Waals surface area contributed by atoms with Crippen LogP contribution in [0.3, 0.4) is 0 Å². The number of ether oxygens (including phenoxy) is 1. The highest BCUT2D eigenvalue weighted by Gasteiger charge is 2.27. The first-order valence-corrected chi connectivity index (χ1v) is 14.9. The molecule has 1 atom stereocenters. The molecule has 3 aromatic rings. The monoisotopic (exact) mass is 551 g/mol. The summed E-state index contributed by atoms with van der Waals surface area (Å²) in [5.41, 5.74) is 8.07. The number of aromatic nitrogens is 3. The van der Waals surface area contributed by atoms with E-state index in [1.54, 1.807) is 6.08 Å². The Hall–Kier alpha value is -3.11. The molecule has 2 heterocycles. The molecular weight excluding hydrogens is 518 g/mol. The number of amides is 2. The smallest absolute Gasteiger partial charge is 0.251 e. The van der Waals surface area contributed by atoms with Gasteiger partial charge in [-0.05, 0) is 80.7 Å². The highest BCUT2D eigenvalue weighted by molar-refractivity contribution is 7.99. The van der Waals surface area contributed by atoms with Gasteiger partial charge in [-0.2, -0.15) is 0 Å². The van der Waals surface area contributed by atoms with Crippen LogP contribution in [-0.4, -0.2) is 38.4 Å². The molecule has 2 aromatic heterocycles. The molecule has 3 N–H and O–H groups in total. The molecule has 200 valence electrons. The van der Waals surface area contributed by atoms with Gasteiger partial charge in [0, 0.05) is 17.0 Å². The molecule has 0 bridgehead atoms. The average Bonchev–Trinajstić information content (AvgIpc) is 3.62. The Morgan fingerprint density at radius 2 is 2.00 bits per heavy atom. The fourth-order valence-electron chi connectivity index (χ4n) is 5.18. The lowest BCUT2D eigenvalue weighted by Crippen LogP contribution is -2.20. The average molecular weight is 552 g/mol. The molecule has 0 spiro atoms. The lowest BCUT2D eigenvalue weighted by atomic mass is 9.88. The molecule has 1 aromatic carbocycles. The van der Waals surface area contributed by atoms with Crippen LogP contribution in [0.4, 0.5) is 5.00 Å².